The Bertz CT molecular complexity index is 848. The molecular weight excluding hydrogens is 348 g/mol. The summed E-state index contributed by atoms with van der Waals surface area (Å²) in [7, 11) is 0. The van der Waals surface area contributed by atoms with Crippen molar-refractivity contribution in [2.75, 3.05) is 13.1 Å². The zero-order chi connectivity index (χ0) is 18.1. The van der Waals surface area contributed by atoms with Crippen LogP contribution in [0.3, 0.4) is 0 Å². The van der Waals surface area contributed by atoms with Crippen molar-refractivity contribution in [3.8, 4) is 0 Å². The molecule has 1 fully saturated rings. The van der Waals surface area contributed by atoms with E-state index in [-0.39, 0.29) is 0 Å². The van der Waals surface area contributed by atoms with Crippen LogP contribution in [-0.4, -0.2) is 35.0 Å². The number of likely N-dealkylation sites (tertiary alicyclic amines) is 1. The Morgan fingerprint density at radius 2 is 1.92 bits per heavy atom. The van der Waals surface area contributed by atoms with Gasteiger partial charge in [0.25, 0.3) is 0 Å². The first kappa shape index (κ1) is 17.4. The van der Waals surface area contributed by atoms with E-state index in [2.05, 4.69) is 15.9 Å². The molecule has 1 atom stereocenters. The molecule has 0 bridgehead atoms. The molecule has 2 aliphatic heterocycles. The highest BCUT2D eigenvalue weighted by atomic mass is 35.5. The van der Waals surface area contributed by atoms with E-state index in [1.165, 1.54) is 12.0 Å². The average Bonchev–Trinajstić information content (AvgIpc) is 2.98. The van der Waals surface area contributed by atoms with Gasteiger partial charge < -0.3 is 0 Å². The number of rotatable bonds is 6. The third-order valence-corrected chi connectivity index (χ3v) is 5.75. The Kier molecular flexibility index (Phi) is 4.90. The van der Waals surface area contributed by atoms with E-state index >= 15 is 0 Å². The fraction of sp³-hybridized carbons (Fsp3) is 0.333. The summed E-state index contributed by atoms with van der Waals surface area (Å²) < 4.78 is 0. The van der Waals surface area contributed by atoms with E-state index in [4.69, 9.17) is 11.6 Å². The molecule has 0 aromatic heterocycles. The highest BCUT2D eigenvalue weighted by Gasteiger charge is 2.35. The predicted molar refractivity (Wildman–Crippen MR) is 101 cm³/mol. The number of hydrogen-bond donors (Lipinski definition) is 0. The zero-order valence-electron chi connectivity index (χ0n) is 14.5. The Labute approximate surface area is 158 Å². The quantitative estimate of drug-likeness (QED) is 0.579. The first-order valence-electron chi connectivity index (χ1n) is 8.97. The Morgan fingerprint density at radius 3 is 2.65 bits per heavy atom. The minimum Gasteiger partial charge on any atom is -0.299 e. The van der Waals surface area contributed by atoms with Crippen LogP contribution in [0.25, 0.3) is 0 Å². The van der Waals surface area contributed by atoms with E-state index in [0.717, 1.165) is 41.3 Å². The second kappa shape index (κ2) is 7.31. The van der Waals surface area contributed by atoms with Gasteiger partial charge >= 0.3 is 0 Å². The molecule has 4 rings (SSSR count). The molecule has 26 heavy (non-hydrogen) atoms. The third kappa shape index (κ3) is 3.20. The number of carbonyl (C=O) groups excluding carboxylic acids is 2. The topological polar surface area (TPSA) is 40.6 Å². The molecular formula is C21H21ClN2O2. The van der Waals surface area contributed by atoms with Crippen LogP contribution >= 0.6 is 11.6 Å². The number of halogens is 1. The highest BCUT2D eigenvalue weighted by molar-refractivity contribution is 6.31. The lowest BCUT2D eigenvalue weighted by atomic mass is 10.0. The molecule has 4 nitrogen and oxygen atoms in total. The average molecular weight is 369 g/mol. The van der Waals surface area contributed by atoms with Gasteiger partial charge in [0, 0.05) is 24.7 Å². The van der Waals surface area contributed by atoms with Gasteiger partial charge in [-0.2, -0.15) is 0 Å². The van der Waals surface area contributed by atoms with Crippen molar-refractivity contribution in [2.24, 2.45) is 0 Å². The molecule has 1 saturated heterocycles. The summed E-state index contributed by atoms with van der Waals surface area (Å²) in [6, 6.07) is 13.3. The van der Waals surface area contributed by atoms with E-state index in [0.29, 0.717) is 19.4 Å². The molecule has 0 amide bonds. The summed E-state index contributed by atoms with van der Waals surface area (Å²) in [5, 5.41) is 0.719. The molecule has 0 radical (unpaired) electrons. The Morgan fingerprint density at radius 1 is 1.12 bits per heavy atom. The van der Waals surface area contributed by atoms with Gasteiger partial charge in [-0.15, -0.1) is 0 Å². The molecule has 2 aromatic rings. The van der Waals surface area contributed by atoms with E-state index in [1.807, 2.05) is 36.4 Å². The maximum absolute atomic E-state index is 12.3. The molecule has 2 heterocycles. The van der Waals surface area contributed by atoms with Crippen LogP contribution in [0.5, 0.6) is 0 Å². The van der Waals surface area contributed by atoms with Crippen LogP contribution in [0.4, 0.5) is 0 Å². The Balaban J connectivity index is 1.64. The zero-order valence-corrected chi connectivity index (χ0v) is 15.3. The molecule has 0 aliphatic carbocycles. The van der Waals surface area contributed by atoms with Crippen molar-refractivity contribution in [3.05, 3.63) is 69.7 Å². The van der Waals surface area contributed by atoms with Gasteiger partial charge in [0.2, 0.25) is 5.78 Å². The second-order valence-corrected chi connectivity index (χ2v) is 7.44. The van der Waals surface area contributed by atoms with E-state index in [9.17, 15) is 9.59 Å². The minimum atomic E-state index is -0.517. The normalized spacial score (nSPS) is 19.8. The van der Waals surface area contributed by atoms with Gasteiger partial charge in [0.1, 0.15) is 6.04 Å². The van der Waals surface area contributed by atoms with E-state index in [1.54, 1.807) is 0 Å². The maximum atomic E-state index is 12.3. The summed E-state index contributed by atoms with van der Waals surface area (Å²) in [4.78, 5) is 28.0. The third-order valence-electron chi connectivity index (χ3n) is 5.39. The second-order valence-electron chi connectivity index (χ2n) is 7.03. The van der Waals surface area contributed by atoms with E-state index < -0.39 is 11.8 Å². The number of aldehydes is 1. The highest BCUT2D eigenvalue weighted by Crippen LogP contribution is 2.36. The monoisotopic (exact) mass is 368 g/mol. The molecule has 0 spiro atoms. The fourth-order valence-corrected chi connectivity index (χ4v) is 4.16. The van der Waals surface area contributed by atoms with Gasteiger partial charge in [-0.25, -0.2) is 0 Å². The molecule has 5 heteroatoms. The van der Waals surface area contributed by atoms with Gasteiger partial charge in [0.05, 0.1) is 0 Å². The van der Waals surface area contributed by atoms with Gasteiger partial charge in [-0.1, -0.05) is 48.0 Å². The standard InChI is InChI=1S/C21H21ClN2O2/c22-19-8-3-6-15(11-23-9-4-10-23)18(19)13-24-12-16-5-1-2-7-17(16)21(24)20(26)14-25/h1-3,5-8,14,21H,4,9-13H2. The van der Waals surface area contributed by atoms with Gasteiger partial charge in [0.15, 0.2) is 6.29 Å². The van der Waals surface area contributed by atoms with Crippen molar-refractivity contribution in [1.82, 2.24) is 9.80 Å². The largest absolute Gasteiger partial charge is 0.299 e. The van der Waals surface area contributed by atoms with Crippen LogP contribution in [0, 0.1) is 0 Å². The molecule has 1 unspecified atom stereocenters. The number of fused-ring (bicyclic) bond motifs is 1. The maximum Gasteiger partial charge on any atom is 0.216 e. The van der Waals surface area contributed by atoms with Crippen molar-refractivity contribution >= 4 is 23.7 Å². The Hall–Kier alpha value is -2.01. The molecule has 0 saturated carbocycles. The summed E-state index contributed by atoms with van der Waals surface area (Å²) >= 11 is 6.53. The molecule has 2 aromatic carbocycles. The predicted octanol–water partition coefficient (Wildman–Crippen LogP) is 3.37. The van der Waals surface area contributed by atoms with Gasteiger partial charge in [-0.05, 0) is 47.8 Å². The van der Waals surface area contributed by atoms with Crippen LogP contribution in [-0.2, 0) is 29.2 Å². The smallest absolute Gasteiger partial charge is 0.216 e. The number of carbonyl (C=O) groups is 2. The van der Waals surface area contributed by atoms with Crippen LogP contribution < -0.4 is 0 Å². The summed E-state index contributed by atoms with van der Waals surface area (Å²) in [6.45, 7) is 4.32. The first-order chi connectivity index (χ1) is 12.7. The first-order valence-corrected chi connectivity index (χ1v) is 9.34. The number of nitrogens with zero attached hydrogens (tertiary/aromatic N) is 2. The number of ketones is 1. The van der Waals surface area contributed by atoms with Crippen LogP contribution in [0.2, 0.25) is 5.02 Å². The lowest BCUT2D eigenvalue weighted by molar-refractivity contribution is -0.133. The number of benzene rings is 2. The lowest BCUT2D eigenvalue weighted by Crippen LogP contribution is -2.37. The SMILES string of the molecule is O=CC(=O)C1c2ccccc2CN1Cc1c(Cl)cccc1CN1CCC1. The number of hydrogen-bond acceptors (Lipinski definition) is 4. The summed E-state index contributed by atoms with van der Waals surface area (Å²) in [6.07, 6.45) is 1.68. The van der Waals surface area contributed by atoms with Gasteiger partial charge in [-0.3, -0.25) is 19.4 Å². The van der Waals surface area contributed by atoms with Crippen molar-refractivity contribution in [1.29, 1.82) is 0 Å². The van der Waals surface area contributed by atoms with Crippen molar-refractivity contribution < 1.29 is 9.59 Å². The number of Topliss-reactive ketones (excluding diaryl/α,β-unsaturated/α-hetero) is 1. The molecule has 0 N–H and O–H groups in total. The van der Waals surface area contributed by atoms with Crippen molar-refractivity contribution in [3.63, 3.8) is 0 Å². The minimum absolute atomic E-state index is 0.397. The molecule has 2 aliphatic rings. The van der Waals surface area contributed by atoms with Crippen LogP contribution in [0.15, 0.2) is 42.5 Å². The summed E-state index contributed by atoms with van der Waals surface area (Å²) in [5.41, 5.74) is 4.29. The molecule has 134 valence electrons. The summed E-state index contributed by atoms with van der Waals surface area (Å²) in [5.74, 6) is -0.397. The van der Waals surface area contributed by atoms with Crippen LogP contribution in [0.1, 0.15) is 34.7 Å². The fourth-order valence-electron chi connectivity index (χ4n) is 3.91. The van der Waals surface area contributed by atoms with Crippen molar-refractivity contribution in [2.45, 2.75) is 32.1 Å². The lowest BCUT2D eigenvalue weighted by Gasteiger charge is -2.32.